The molecule has 1 aliphatic rings. The molecule has 2 amide bonds. The lowest BCUT2D eigenvalue weighted by Crippen LogP contribution is -2.34. The van der Waals surface area contributed by atoms with Crippen molar-refractivity contribution in [3.8, 4) is 0 Å². The van der Waals surface area contributed by atoms with Crippen LogP contribution in [0.5, 0.6) is 0 Å². The van der Waals surface area contributed by atoms with Crippen LogP contribution in [0.2, 0.25) is 0 Å². The number of nitrogens with zero attached hydrogens (tertiary/aromatic N) is 1. The maximum atomic E-state index is 11.3. The Labute approximate surface area is 103 Å². The van der Waals surface area contributed by atoms with Crippen molar-refractivity contribution in [1.29, 1.82) is 0 Å². The van der Waals surface area contributed by atoms with Crippen molar-refractivity contribution in [2.45, 2.75) is 31.7 Å². The summed E-state index contributed by atoms with van der Waals surface area (Å²) in [5.41, 5.74) is 5.41. The number of hydroxylamine groups is 2. The molecule has 0 aromatic rings. The highest BCUT2D eigenvalue weighted by atomic mass is 16.7. The van der Waals surface area contributed by atoms with Crippen molar-refractivity contribution in [3.05, 3.63) is 0 Å². The van der Waals surface area contributed by atoms with E-state index in [9.17, 15) is 19.2 Å². The van der Waals surface area contributed by atoms with Gasteiger partial charge in [-0.25, -0.2) is 4.79 Å². The molecule has 0 bridgehead atoms. The SMILES string of the molecule is COC(=O)C(N)CCC(=O)ON1C(=O)CCC1=O. The Hall–Kier alpha value is -1.96. The second-order valence-corrected chi connectivity index (χ2v) is 3.71. The van der Waals surface area contributed by atoms with Gasteiger partial charge in [-0.1, -0.05) is 0 Å². The molecule has 1 aliphatic heterocycles. The monoisotopic (exact) mass is 258 g/mol. The summed E-state index contributed by atoms with van der Waals surface area (Å²) in [4.78, 5) is 49.2. The average Bonchev–Trinajstić information content (AvgIpc) is 2.66. The van der Waals surface area contributed by atoms with Gasteiger partial charge in [-0.15, -0.1) is 5.06 Å². The second-order valence-electron chi connectivity index (χ2n) is 3.71. The fourth-order valence-corrected chi connectivity index (χ4v) is 1.35. The Balaban J connectivity index is 2.36. The maximum Gasteiger partial charge on any atom is 0.333 e. The van der Waals surface area contributed by atoms with E-state index in [2.05, 4.69) is 9.57 Å². The van der Waals surface area contributed by atoms with Crippen LogP contribution in [-0.2, 0) is 28.8 Å². The maximum absolute atomic E-state index is 11.3. The molecule has 1 heterocycles. The van der Waals surface area contributed by atoms with Gasteiger partial charge in [-0.05, 0) is 6.42 Å². The molecule has 8 nitrogen and oxygen atoms in total. The minimum absolute atomic E-state index is 0.0156. The quantitative estimate of drug-likeness (QED) is 0.490. The van der Waals surface area contributed by atoms with E-state index in [0.717, 1.165) is 0 Å². The Kier molecular flexibility index (Phi) is 4.78. The van der Waals surface area contributed by atoms with Gasteiger partial charge in [0.15, 0.2) is 0 Å². The van der Waals surface area contributed by atoms with Crippen LogP contribution in [0, 0.1) is 0 Å². The number of methoxy groups -OCH3 is 1. The van der Waals surface area contributed by atoms with Gasteiger partial charge in [-0.3, -0.25) is 14.4 Å². The lowest BCUT2D eigenvalue weighted by atomic mass is 10.2. The molecule has 1 saturated heterocycles. The zero-order valence-electron chi connectivity index (χ0n) is 9.88. The fraction of sp³-hybridized carbons (Fsp3) is 0.600. The lowest BCUT2D eigenvalue weighted by Gasteiger charge is -2.13. The summed E-state index contributed by atoms with van der Waals surface area (Å²) in [5.74, 6) is -2.54. The molecule has 1 fully saturated rings. The normalized spacial score (nSPS) is 16.7. The number of ether oxygens (including phenoxy) is 1. The summed E-state index contributed by atoms with van der Waals surface area (Å²) in [5, 5.41) is 0.450. The molecule has 18 heavy (non-hydrogen) atoms. The first-order valence-electron chi connectivity index (χ1n) is 5.35. The van der Waals surface area contributed by atoms with E-state index < -0.39 is 29.8 Å². The van der Waals surface area contributed by atoms with E-state index in [-0.39, 0.29) is 25.7 Å². The van der Waals surface area contributed by atoms with Gasteiger partial charge in [0, 0.05) is 12.8 Å². The van der Waals surface area contributed by atoms with E-state index in [0.29, 0.717) is 5.06 Å². The van der Waals surface area contributed by atoms with Gasteiger partial charge in [0.2, 0.25) is 0 Å². The highest BCUT2D eigenvalue weighted by Crippen LogP contribution is 2.13. The van der Waals surface area contributed by atoms with Crippen molar-refractivity contribution in [2.75, 3.05) is 7.11 Å². The van der Waals surface area contributed by atoms with Gasteiger partial charge in [0.05, 0.1) is 13.5 Å². The smallest absolute Gasteiger partial charge is 0.333 e. The topological polar surface area (TPSA) is 116 Å². The van der Waals surface area contributed by atoms with Crippen LogP contribution in [-0.4, -0.2) is 42.0 Å². The van der Waals surface area contributed by atoms with Crippen molar-refractivity contribution < 1.29 is 28.8 Å². The van der Waals surface area contributed by atoms with Gasteiger partial charge < -0.3 is 15.3 Å². The molecule has 100 valence electrons. The van der Waals surface area contributed by atoms with Crippen molar-refractivity contribution in [2.24, 2.45) is 5.73 Å². The number of rotatable bonds is 5. The third-order valence-corrected chi connectivity index (χ3v) is 2.36. The summed E-state index contributed by atoms with van der Waals surface area (Å²) in [6, 6.07) is -0.937. The third kappa shape index (κ3) is 3.52. The molecule has 0 aromatic carbocycles. The molecular formula is C10H14N2O6. The minimum atomic E-state index is -0.937. The summed E-state index contributed by atoms with van der Waals surface area (Å²) in [7, 11) is 1.18. The van der Waals surface area contributed by atoms with Crippen LogP contribution in [0.4, 0.5) is 0 Å². The van der Waals surface area contributed by atoms with Gasteiger partial charge >= 0.3 is 11.9 Å². The first-order valence-corrected chi connectivity index (χ1v) is 5.35. The number of hydrogen-bond donors (Lipinski definition) is 1. The highest BCUT2D eigenvalue weighted by Gasteiger charge is 2.32. The number of imide groups is 1. The molecule has 1 atom stereocenters. The lowest BCUT2D eigenvalue weighted by molar-refractivity contribution is -0.197. The van der Waals surface area contributed by atoms with Gasteiger partial charge in [0.25, 0.3) is 11.8 Å². The second kappa shape index (κ2) is 6.10. The van der Waals surface area contributed by atoms with Crippen LogP contribution in [0.1, 0.15) is 25.7 Å². The number of carbonyl (C=O) groups excluding carboxylic acids is 4. The average molecular weight is 258 g/mol. The molecule has 8 heteroatoms. The molecule has 0 aromatic heterocycles. The zero-order chi connectivity index (χ0) is 13.7. The number of esters is 1. The van der Waals surface area contributed by atoms with E-state index in [1.165, 1.54) is 7.11 Å². The van der Waals surface area contributed by atoms with Crippen LogP contribution < -0.4 is 5.73 Å². The largest absolute Gasteiger partial charge is 0.468 e. The van der Waals surface area contributed by atoms with Crippen molar-refractivity contribution in [1.82, 2.24) is 5.06 Å². The Bertz CT molecular complexity index is 365. The molecule has 0 saturated carbocycles. The van der Waals surface area contributed by atoms with Gasteiger partial charge in [-0.2, -0.15) is 0 Å². The van der Waals surface area contributed by atoms with Crippen LogP contribution >= 0.6 is 0 Å². The number of nitrogens with two attached hydrogens (primary N) is 1. The van der Waals surface area contributed by atoms with Crippen LogP contribution in [0.3, 0.4) is 0 Å². The molecule has 2 N–H and O–H groups in total. The number of amides is 2. The molecule has 0 spiro atoms. The van der Waals surface area contributed by atoms with Gasteiger partial charge in [0.1, 0.15) is 6.04 Å². The van der Waals surface area contributed by atoms with Crippen molar-refractivity contribution >= 4 is 23.8 Å². The fourth-order valence-electron chi connectivity index (χ4n) is 1.35. The van der Waals surface area contributed by atoms with E-state index >= 15 is 0 Å². The predicted octanol–water partition coefficient (Wildman–Crippen LogP) is -1.13. The Morgan fingerprint density at radius 2 is 1.89 bits per heavy atom. The predicted molar refractivity (Wildman–Crippen MR) is 56.4 cm³/mol. The summed E-state index contributed by atoms with van der Waals surface area (Å²) < 4.78 is 4.38. The van der Waals surface area contributed by atoms with Crippen LogP contribution in [0.25, 0.3) is 0 Å². The van der Waals surface area contributed by atoms with Crippen LogP contribution in [0.15, 0.2) is 0 Å². The van der Waals surface area contributed by atoms with E-state index in [1.807, 2.05) is 0 Å². The third-order valence-electron chi connectivity index (χ3n) is 2.36. The summed E-state index contributed by atoms with van der Waals surface area (Å²) in [6.07, 6.45) is -0.101. The summed E-state index contributed by atoms with van der Waals surface area (Å²) in [6.45, 7) is 0. The highest BCUT2D eigenvalue weighted by molar-refractivity contribution is 6.01. The van der Waals surface area contributed by atoms with E-state index in [1.54, 1.807) is 0 Å². The molecule has 0 radical (unpaired) electrons. The Morgan fingerprint density at radius 1 is 1.33 bits per heavy atom. The molecule has 1 rings (SSSR count). The molecule has 0 aliphatic carbocycles. The number of carbonyl (C=O) groups is 4. The van der Waals surface area contributed by atoms with E-state index in [4.69, 9.17) is 5.73 Å². The zero-order valence-corrected chi connectivity index (χ0v) is 9.88. The molecule has 1 unspecified atom stereocenters. The first-order chi connectivity index (χ1) is 8.45. The first kappa shape index (κ1) is 14.1. The summed E-state index contributed by atoms with van der Waals surface area (Å²) >= 11 is 0. The standard InChI is InChI=1S/C10H14N2O6/c1-17-10(16)6(11)2-5-9(15)18-12-7(13)3-4-8(12)14/h6H,2-5,11H2,1H3. The number of hydrogen-bond acceptors (Lipinski definition) is 7. The molecular weight excluding hydrogens is 244 g/mol. The Morgan fingerprint density at radius 3 is 2.39 bits per heavy atom. The van der Waals surface area contributed by atoms with Crippen molar-refractivity contribution in [3.63, 3.8) is 0 Å². The minimum Gasteiger partial charge on any atom is -0.468 e.